The zero-order valence-electron chi connectivity index (χ0n) is 12.3. The molecular weight excluding hydrogens is 312 g/mol. The number of aryl methyl sites for hydroxylation is 3. The van der Waals surface area contributed by atoms with Crippen molar-refractivity contribution in [1.82, 2.24) is 4.98 Å². The summed E-state index contributed by atoms with van der Waals surface area (Å²) in [4.78, 5) is 20.4. The molecule has 22 heavy (non-hydrogen) atoms. The van der Waals surface area contributed by atoms with E-state index in [1.807, 2.05) is 18.4 Å². The third-order valence-corrected chi connectivity index (χ3v) is 6.37. The molecule has 2 N–H and O–H groups in total. The summed E-state index contributed by atoms with van der Waals surface area (Å²) in [6, 6.07) is 4.09. The molecule has 0 radical (unpaired) electrons. The number of primary amides is 1. The molecule has 0 aromatic carbocycles. The van der Waals surface area contributed by atoms with Crippen LogP contribution in [0, 0.1) is 6.92 Å². The molecule has 3 aromatic rings. The van der Waals surface area contributed by atoms with Gasteiger partial charge in [0.2, 0.25) is 0 Å². The van der Waals surface area contributed by atoms with Crippen LogP contribution in [-0.2, 0) is 12.8 Å². The average molecular weight is 328 g/mol. The Morgan fingerprint density at radius 3 is 2.86 bits per heavy atom. The molecule has 0 saturated carbocycles. The number of aromatic nitrogens is 1. The van der Waals surface area contributed by atoms with E-state index in [4.69, 9.17) is 10.7 Å². The molecule has 0 spiro atoms. The standard InChI is InChI=1S/C17H16N2OS2/c1-9-13(16(18)20)15(12-7-4-8-21-12)14-10-5-2-3-6-11(10)22-17(14)19-9/h4,7-8H,2-3,5-6H2,1H3,(H2,18,20). The Morgan fingerprint density at radius 1 is 1.32 bits per heavy atom. The van der Waals surface area contributed by atoms with Gasteiger partial charge in [-0.05, 0) is 49.6 Å². The van der Waals surface area contributed by atoms with Gasteiger partial charge in [0.1, 0.15) is 4.83 Å². The Morgan fingerprint density at radius 2 is 2.14 bits per heavy atom. The number of carbonyl (C=O) groups is 1. The van der Waals surface area contributed by atoms with Crippen molar-refractivity contribution < 1.29 is 4.79 Å². The number of rotatable bonds is 2. The van der Waals surface area contributed by atoms with Crippen LogP contribution in [0.3, 0.4) is 0 Å². The number of nitrogens with zero attached hydrogens (tertiary/aromatic N) is 1. The molecule has 1 aliphatic rings. The maximum absolute atomic E-state index is 12.1. The van der Waals surface area contributed by atoms with Crippen LogP contribution in [0.15, 0.2) is 17.5 Å². The molecule has 112 valence electrons. The summed E-state index contributed by atoms with van der Waals surface area (Å²) >= 11 is 3.44. The normalized spacial score (nSPS) is 14.2. The number of amides is 1. The molecule has 4 rings (SSSR count). The quantitative estimate of drug-likeness (QED) is 0.762. The van der Waals surface area contributed by atoms with E-state index in [0.29, 0.717) is 5.56 Å². The van der Waals surface area contributed by atoms with Crippen molar-refractivity contribution in [3.05, 3.63) is 39.2 Å². The van der Waals surface area contributed by atoms with Crippen LogP contribution in [0.1, 0.15) is 39.3 Å². The van der Waals surface area contributed by atoms with Gasteiger partial charge in [0.25, 0.3) is 5.91 Å². The third-order valence-electron chi connectivity index (χ3n) is 4.30. The average Bonchev–Trinajstić information content (AvgIpc) is 3.12. The summed E-state index contributed by atoms with van der Waals surface area (Å²) in [5.74, 6) is -0.383. The van der Waals surface area contributed by atoms with Crippen LogP contribution < -0.4 is 5.73 Å². The van der Waals surface area contributed by atoms with Crippen LogP contribution in [0.5, 0.6) is 0 Å². The summed E-state index contributed by atoms with van der Waals surface area (Å²) < 4.78 is 0. The summed E-state index contributed by atoms with van der Waals surface area (Å²) in [6.07, 6.45) is 4.67. The Kier molecular flexibility index (Phi) is 3.27. The molecule has 0 fully saturated rings. The first kappa shape index (κ1) is 13.9. The Hall–Kier alpha value is -1.72. The fourth-order valence-corrected chi connectivity index (χ4v) is 5.47. The summed E-state index contributed by atoms with van der Waals surface area (Å²) in [7, 11) is 0. The lowest BCUT2D eigenvalue weighted by Crippen LogP contribution is -2.15. The molecular formula is C17H16N2OS2. The maximum atomic E-state index is 12.1. The molecule has 0 atom stereocenters. The molecule has 1 aliphatic carbocycles. The van der Waals surface area contributed by atoms with Crippen molar-refractivity contribution in [2.45, 2.75) is 32.6 Å². The molecule has 3 aromatic heterocycles. The lowest BCUT2D eigenvalue weighted by molar-refractivity contribution is 0.1000. The third kappa shape index (κ3) is 2.00. The maximum Gasteiger partial charge on any atom is 0.251 e. The lowest BCUT2D eigenvalue weighted by atomic mass is 9.92. The van der Waals surface area contributed by atoms with Gasteiger partial charge in [-0.1, -0.05) is 6.07 Å². The zero-order valence-corrected chi connectivity index (χ0v) is 13.9. The molecule has 0 saturated heterocycles. The van der Waals surface area contributed by atoms with Crippen molar-refractivity contribution in [2.24, 2.45) is 5.73 Å². The molecule has 3 heterocycles. The Bertz CT molecular complexity index is 878. The number of fused-ring (bicyclic) bond motifs is 3. The predicted molar refractivity (Wildman–Crippen MR) is 92.8 cm³/mol. The largest absolute Gasteiger partial charge is 0.366 e. The van der Waals surface area contributed by atoms with Crippen LogP contribution in [0.2, 0.25) is 0 Å². The zero-order chi connectivity index (χ0) is 15.3. The second kappa shape index (κ2) is 5.18. The SMILES string of the molecule is Cc1nc2sc3c(c2c(-c2cccs2)c1C(N)=O)CCCC3. The highest BCUT2D eigenvalue weighted by Crippen LogP contribution is 2.43. The fourth-order valence-electron chi connectivity index (χ4n) is 3.37. The lowest BCUT2D eigenvalue weighted by Gasteiger charge is -2.14. The van der Waals surface area contributed by atoms with Gasteiger partial charge < -0.3 is 5.73 Å². The highest BCUT2D eigenvalue weighted by atomic mass is 32.1. The van der Waals surface area contributed by atoms with Crippen molar-refractivity contribution in [2.75, 3.05) is 0 Å². The number of nitrogens with two attached hydrogens (primary N) is 1. The minimum absolute atomic E-state index is 0.383. The predicted octanol–water partition coefficient (Wildman–Crippen LogP) is 4.31. The van der Waals surface area contributed by atoms with Crippen molar-refractivity contribution in [3.63, 3.8) is 0 Å². The van der Waals surface area contributed by atoms with Crippen LogP contribution in [0.25, 0.3) is 20.7 Å². The van der Waals surface area contributed by atoms with E-state index in [-0.39, 0.29) is 5.91 Å². The molecule has 0 aliphatic heterocycles. The van der Waals surface area contributed by atoms with E-state index < -0.39 is 0 Å². The van der Waals surface area contributed by atoms with Gasteiger partial charge in [-0.15, -0.1) is 22.7 Å². The topological polar surface area (TPSA) is 56.0 Å². The monoisotopic (exact) mass is 328 g/mol. The van der Waals surface area contributed by atoms with Crippen LogP contribution in [-0.4, -0.2) is 10.9 Å². The minimum Gasteiger partial charge on any atom is -0.366 e. The first-order valence-electron chi connectivity index (χ1n) is 7.45. The highest BCUT2D eigenvalue weighted by molar-refractivity contribution is 7.19. The fraction of sp³-hybridized carbons (Fsp3) is 0.294. The first-order valence-corrected chi connectivity index (χ1v) is 9.15. The second-order valence-corrected chi connectivity index (χ2v) is 7.71. The number of thiophene rings is 2. The van der Waals surface area contributed by atoms with E-state index in [1.165, 1.54) is 28.7 Å². The van der Waals surface area contributed by atoms with Crippen LogP contribution >= 0.6 is 22.7 Å². The van der Waals surface area contributed by atoms with Crippen molar-refractivity contribution >= 4 is 38.8 Å². The molecule has 0 bridgehead atoms. The summed E-state index contributed by atoms with van der Waals surface area (Å²) in [6.45, 7) is 1.88. The molecule has 3 nitrogen and oxygen atoms in total. The van der Waals surface area contributed by atoms with Crippen LogP contribution in [0.4, 0.5) is 0 Å². The van der Waals surface area contributed by atoms with E-state index >= 15 is 0 Å². The van der Waals surface area contributed by atoms with Gasteiger partial charge in [0, 0.05) is 20.7 Å². The molecule has 1 amide bonds. The first-order chi connectivity index (χ1) is 10.7. The van der Waals surface area contributed by atoms with E-state index in [0.717, 1.165) is 33.8 Å². The van der Waals surface area contributed by atoms with E-state index in [2.05, 4.69) is 6.07 Å². The number of pyridine rings is 1. The van der Waals surface area contributed by atoms with Gasteiger partial charge in [-0.2, -0.15) is 0 Å². The minimum atomic E-state index is -0.383. The number of carbonyl (C=O) groups excluding carboxylic acids is 1. The van der Waals surface area contributed by atoms with Crippen molar-refractivity contribution in [3.8, 4) is 10.4 Å². The molecule has 5 heteroatoms. The highest BCUT2D eigenvalue weighted by Gasteiger charge is 2.25. The van der Waals surface area contributed by atoms with Gasteiger partial charge in [-0.3, -0.25) is 4.79 Å². The molecule has 0 unspecified atom stereocenters. The second-order valence-electron chi connectivity index (χ2n) is 5.68. The summed E-state index contributed by atoms with van der Waals surface area (Å²) in [5.41, 5.74) is 9.41. The number of hydrogen-bond acceptors (Lipinski definition) is 4. The summed E-state index contributed by atoms with van der Waals surface area (Å²) in [5, 5.41) is 3.21. The van der Waals surface area contributed by atoms with E-state index in [9.17, 15) is 4.79 Å². The van der Waals surface area contributed by atoms with E-state index in [1.54, 1.807) is 22.7 Å². The number of hydrogen-bond donors (Lipinski definition) is 1. The Labute approximate surface area is 136 Å². The van der Waals surface area contributed by atoms with Crippen molar-refractivity contribution in [1.29, 1.82) is 0 Å². The smallest absolute Gasteiger partial charge is 0.251 e. The van der Waals surface area contributed by atoms with Gasteiger partial charge in [0.15, 0.2) is 0 Å². The van der Waals surface area contributed by atoms with Gasteiger partial charge in [-0.25, -0.2) is 4.98 Å². The Balaban J connectivity index is 2.17. The van der Waals surface area contributed by atoms with Gasteiger partial charge >= 0.3 is 0 Å². The van der Waals surface area contributed by atoms with Gasteiger partial charge in [0.05, 0.1) is 11.3 Å².